The van der Waals surface area contributed by atoms with Gasteiger partial charge >= 0.3 is 12.2 Å². The summed E-state index contributed by atoms with van der Waals surface area (Å²) in [5, 5.41) is 2.85. The summed E-state index contributed by atoms with van der Waals surface area (Å²) < 4.78 is 39.6. The normalized spacial score (nSPS) is 11.7. The molecule has 0 unspecified atom stereocenters. The molecule has 0 aliphatic heterocycles. The highest BCUT2D eigenvalue weighted by Gasteiger charge is 2.26. The first-order chi connectivity index (χ1) is 34.9. The van der Waals surface area contributed by atoms with E-state index in [2.05, 4.69) is 15.3 Å². The Morgan fingerprint density at radius 3 is 1.49 bits per heavy atom. The molecule has 8 rings (SSSR count). The summed E-state index contributed by atoms with van der Waals surface area (Å²) in [6.07, 6.45) is 0.429. The molecule has 2 atom stereocenters. The van der Waals surface area contributed by atoms with E-state index in [9.17, 15) is 9.59 Å². The third-order valence-electron chi connectivity index (χ3n) is 11.8. The van der Waals surface area contributed by atoms with Gasteiger partial charge in [-0.2, -0.15) is 0 Å². The Balaban J connectivity index is 0.000000213. The number of amides is 2. The van der Waals surface area contributed by atoms with Crippen LogP contribution >= 0.6 is 0 Å². The number of rotatable bonds is 19. The second kappa shape index (κ2) is 25.5. The van der Waals surface area contributed by atoms with Crippen molar-refractivity contribution in [2.75, 3.05) is 20.3 Å². The van der Waals surface area contributed by atoms with E-state index in [1.54, 1.807) is 36.3 Å². The van der Waals surface area contributed by atoms with Crippen molar-refractivity contribution < 1.29 is 42.1 Å². The van der Waals surface area contributed by atoms with E-state index in [1.807, 2.05) is 181 Å². The Kier molecular flexibility index (Phi) is 18.3. The highest BCUT2D eigenvalue weighted by Crippen LogP contribution is 2.28. The van der Waals surface area contributed by atoms with Gasteiger partial charge in [-0.15, -0.1) is 0 Å². The molecule has 0 aliphatic carbocycles. The molecule has 2 amide bonds. The monoisotopic (exact) mass is 970 g/mol. The number of nitrogens with one attached hydrogen (secondary N) is 1. The van der Waals surface area contributed by atoms with Gasteiger partial charge in [0.15, 0.2) is 0 Å². The van der Waals surface area contributed by atoms with Crippen molar-refractivity contribution in [1.82, 2.24) is 20.2 Å². The van der Waals surface area contributed by atoms with Gasteiger partial charge in [0, 0.05) is 30.0 Å². The summed E-state index contributed by atoms with van der Waals surface area (Å²) >= 11 is 0. The smallest absolute Gasteiger partial charge is 0.415 e. The predicted molar refractivity (Wildman–Crippen MR) is 277 cm³/mol. The van der Waals surface area contributed by atoms with Gasteiger partial charge in [-0.25, -0.2) is 19.6 Å². The summed E-state index contributed by atoms with van der Waals surface area (Å²) in [4.78, 5) is 36.1. The molecule has 372 valence electrons. The number of aromatic nitrogens is 2. The Bertz CT molecular complexity index is 2900. The molecule has 2 aromatic heterocycles. The number of oxazole rings is 2. The highest BCUT2D eigenvalue weighted by molar-refractivity contribution is 5.72. The molecular weight excluding hydrogens is 909 g/mol. The molecule has 0 saturated heterocycles. The van der Waals surface area contributed by atoms with Crippen LogP contribution in [0.5, 0.6) is 23.0 Å². The molecule has 72 heavy (non-hydrogen) atoms. The molecule has 1 N–H and O–H groups in total. The zero-order valence-electron chi connectivity index (χ0n) is 41.9. The number of nitrogens with zero attached hydrogens (tertiary/aromatic N) is 3. The first-order valence-electron chi connectivity index (χ1n) is 24.0. The van der Waals surface area contributed by atoms with Gasteiger partial charge in [-0.05, 0) is 131 Å². The summed E-state index contributed by atoms with van der Waals surface area (Å²) in [6.45, 7) is 12.9. The Morgan fingerprint density at radius 2 is 1.01 bits per heavy atom. The lowest BCUT2D eigenvalue weighted by Gasteiger charge is -2.32. The van der Waals surface area contributed by atoms with Gasteiger partial charge < -0.3 is 37.8 Å². The van der Waals surface area contributed by atoms with Gasteiger partial charge in [0.25, 0.3) is 0 Å². The topological polar surface area (TPSA) is 148 Å². The lowest BCUT2D eigenvalue weighted by molar-refractivity contribution is 0.118. The molecule has 6 aromatic carbocycles. The van der Waals surface area contributed by atoms with Crippen LogP contribution in [-0.2, 0) is 24.2 Å². The number of hydrogen-bond acceptors (Lipinski definition) is 11. The fraction of sp³-hybridized carbons (Fsp3) is 0.254. The lowest BCUT2D eigenvalue weighted by Crippen LogP contribution is -2.40. The second-order valence-electron chi connectivity index (χ2n) is 17.3. The van der Waals surface area contributed by atoms with Gasteiger partial charge in [-0.3, -0.25) is 4.90 Å². The average molecular weight is 971 g/mol. The summed E-state index contributed by atoms with van der Waals surface area (Å²) in [6, 6.07) is 51.3. The summed E-state index contributed by atoms with van der Waals surface area (Å²) in [5.74, 6) is 5.53. The van der Waals surface area contributed by atoms with Gasteiger partial charge in [-0.1, -0.05) is 91.0 Å². The minimum Gasteiger partial charge on any atom is -0.497 e. The third-order valence-corrected chi connectivity index (χ3v) is 11.8. The zero-order valence-corrected chi connectivity index (χ0v) is 41.9. The number of carbonyl (C=O) groups is 2. The van der Waals surface area contributed by atoms with E-state index >= 15 is 0 Å². The van der Waals surface area contributed by atoms with E-state index in [0.29, 0.717) is 49.3 Å². The van der Waals surface area contributed by atoms with Crippen LogP contribution < -0.4 is 24.3 Å². The third kappa shape index (κ3) is 14.6. The van der Waals surface area contributed by atoms with E-state index < -0.39 is 12.2 Å². The molecule has 13 nitrogen and oxygen atoms in total. The van der Waals surface area contributed by atoms with Gasteiger partial charge in [0.2, 0.25) is 11.8 Å². The second-order valence-corrected chi connectivity index (χ2v) is 17.3. The molecule has 0 aliphatic rings. The largest absolute Gasteiger partial charge is 0.497 e. The molecule has 0 bridgehead atoms. The van der Waals surface area contributed by atoms with E-state index in [4.69, 9.17) is 32.5 Å². The van der Waals surface area contributed by atoms with Crippen molar-refractivity contribution in [1.29, 1.82) is 0 Å². The van der Waals surface area contributed by atoms with Crippen LogP contribution in [0, 0.1) is 13.8 Å². The van der Waals surface area contributed by atoms with Crippen LogP contribution in [-0.4, -0.2) is 53.4 Å². The van der Waals surface area contributed by atoms with E-state index in [-0.39, 0.29) is 24.7 Å². The summed E-state index contributed by atoms with van der Waals surface area (Å²) in [5.41, 5.74) is 6.58. The standard InChI is InChI=1S/C31H34N2O5.C28H28N2O4/c1-21(2)33(31(34)38-28-17-15-26(35-5)16-18-28)22(3)24-11-13-27(14-12-24)36-20-19-29-23(4)37-30(32-29)25-9-7-6-8-10-25;1-20(29-28(31)33-19-22-9-5-3-6-10-22)23-13-15-25(16-14-23)32-18-17-26-21(2)34-27(30-26)24-11-7-4-8-12-24/h6-18,21-22H,19-20H2,1-5H3;3-16,20H,17-19H2,1-2H3,(H,29,31)/t22-;20-/m11/s1. The Labute approximate surface area is 421 Å². The van der Waals surface area contributed by atoms with Crippen molar-refractivity contribution in [3.05, 3.63) is 203 Å². The van der Waals surface area contributed by atoms with Crippen LogP contribution in [0.25, 0.3) is 22.9 Å². The maximum Gasteiger partial charge on any atom is 0.415 e. The average Bonchev–Trinajstić information content (AvgIpc) is 3.97. The molecule has 13 heteroatoms. The van der Waals surface area contributed by atoms with Crippen LogP contribution in [0.15, 0.2) is 173 Å². The number of carbonyl (C=O) groups excluding carboxylic acids is 2. The van der Waals surface area contributed by atoms with Crippen LogP contribution in [0.2, 0.25) is 0 Å². The van der Waals surface area contributed by atoms with Crippen molar-refractivity contribution in [2.24, 2.45) is 0 Å². The lowest BCUT2D eigenvalue weighted by atomic mass is 10.1. The molecule has 0 spiro atoms. The first kappa shape index (κ1) is 51.5. The van der Waals surface area contributed by atoms with E-state index in [1.165, 1.54) is 0 Å². The molecule has 0 radical (unpaired) electrons. The Hall–Kier alpha value is -8.32. The number of hydrogen-bond donors (Lipinski definition) is 1. The zero-order chi connectivity index (χ0) is 50.8. The minimum absolute atomic E-state index is 0.0573. The number of ether oxygens (including phenoxy) is 5. The van der Waals surface area contributed by atoms with Crippen LogP contribution in [0.1, 0.15) is 79.4 Å². The molecular formula is C59H62N4O9. The number of benzene rings is 6. The fourth-order valence-electron chi connectivity index (χ4n) is 7.75. The quantitative estimate of drug-likeness (QED) is 0.0825. The maximum absolute atomic E-state index is 13.0. The minimum atomic E-state index is -0.450. The molecule has 0 saturated carbocycles. The maximum atomic E-state index is 13.0. The van der Waals surface area contributed by atoms with Crippen molar-refractivity contribution in [3.8, 4) is 45.9 Å². The molecule has 0 fully saturated rings. The SMILES string of the molecule is COc1ccc(OC(=O)N(C(C)C)[C@H](C)c2ccc(OCCc3nc(-c4ccccc4)oc3C)cc2)cc1.Cc1oc(-c2ccccc2)nc1CCOc1ccc([C@@H](C)NC(=O)OCc2ccccc2)cc1. The number of methoxy groups -OCH3 is 1. The number of aryl methyl sites for hydroxylation is 2. The van der Waals surface area contributed by atoms with Gasteiger partial charge in [0.1, 0.15) is 41.1 Å². The van der Waals surface area contributed by atoms with Crippen molar-refractivity contribution in [2.45, 2.75) is 79.1 Å². The van der Waals surface area contributed by atoms with Crippen molar-refractivity contribution in [3.63, 3.8) is 0 Å². The predicted octanol–water partition coefficient (Wildman–Crippen LogP) is 13.5. The molecule has 8 aromatic rings. The van der Waals surface area contributed by atoms with Crippen LogP contribution in [0.4, 0.5) is 9.59 Å². The highest BCUT2D eigenvalue weighted by atomic mass is 16.6. The van der Waals surface area contributed by atoms with Gasteiger partial charge in [0.05, 0.1) is 43.8 Å². The Morgan fingerprint density at radius 1 is 0.569 bits per heavy atom. The van der Waals surface area contributed by atoms with Crippen molar-refractivity contribution >= 4 is 12.2 Å². The van der Waals surface area contributed by atoms with Crippen LogP contribution in [0.3, 0.4) is 0 Å². The fourth-order valence-corrected chi connectivity index (χ4v) is 7.75. The first-order valence-corrected chi connectivity index (χ1v) is 24.0. The van der Waals surface area contributed by atoms with E-state index in [0.717, 1.165) is 62.2 Å². The summed E-state index contributed by atoms with van der Waals surface area (Å²) in [7, 11) is 1.60. The number of alkyl carbamates (subject to hydrolysis) is 1. The molecule has 2 heterocycles.